The molecule has 5 heteroatoms. The summed E-state index contributed by atoms with van der Waals surface area (Å²) in [6.45, 7) is 7.63. The Kier molecular flexibility index (Phi) is 7.37. The fourth-order valence-corrected chi connectivity index (χ4v) is 4.00. The number of carbonyl (C=O) groups excluding carboxylic acids is 2. The Balaban J connectivity index is 2.08. The summed E-state index contributed by atoms with van der Waals surface area (Å²) >= 11 is 0. The first-order chi connectivity index (χ1) is 14.8. The van der Waals surface area contributed by atoms with Crippen LogP contribution >= 0.6 is 0 Å². The highest BCUT2D eigenvalue weighted by molar-refractivity contribution is 5.83. The van der Waals surface area contributed by atoms with E-state index in [1.54, 1.807) is 4.90 Å². The van der Waals surface area contributed by atoms with Crippen LogP contribution in [-0.4, -0.2) is 28.6 Å². The number of esters is 1. The van der Waals surface area contributed by atoms with Gasteiger partial charge >= 0.3 is 12.1 Å². The number of benzene rings is 2. The summed E-state index contributed by atoms with van der Waals surface area (Å²) in [5, 5.41) is 0. The SMILES string of the molecule is CCCCCC1C(=O)OC(c2ccccc2)C(c2ccccc2)N1C(=O)OC(C)(C)C. The summed E-state index contributed by atoms with van der Waals surface area (Å²) in [7, 11) is 0. The van der Waals surface area contributed by atoms with Gasteiger partial charge in [-0.05, 0) is 38.3 Å². The Morgan fingerprint density at radius 1 is 0.968 bits per heavy atom. The number of nitrogens with zero attached hydrogens (tertiary/aromatic N) is 1. The number of unbranched alkanes of at least 4 members (excludes halogenated alkanes) is 2. The minimum Gasteiger partial charge on any atom is -0.453 e. The van der Waals surface area contributed by atoms with Gasteiger partial charge in [-0.15, -0.1) is 0 Å². The van der Waals surface area contributed by atoms with E-state index < -0.39 is 29.9 Å². The highest BCUT2D eigenvalue weighted by Crippen LogP contribution is 2.43. The zero-order valence-corrected chi connectivity index (χ0v) is 18.9. The normalized spacial score (nSPS) is 21.5. The van der Waals surface area contributed by atoms with E-state index in [4.69, 9.17) is 9.47 Å². The Labute approximate surface area is 185 Å². The predicted molar refractivity (Wildman–Crippen MR) is 120 cm³/mol. The van der Waals surface area contributed by atoms with Gasteiger partial charge in [0.2, 0.25) is 0 Å². The molecule has 2 aromatic rings. The Bertz CT molecular complexity index is 860. The highest BCUT2D eigenvalue weighted by Gasteiger charge is 2.48. The first-order valence-electron chi connectivity index (χ1n) is 11.1. The van der Waals surface area contributed by atoms with Crippen LogP contribution in [0.15, 0.2) is 60.7 Å². The number of cyclic esters (lactones) is 1. The molecular formula is C26H33NO4. The molecule has 0 saturated carbocycles. The second kappa shape index (κ2) is 9.99. The van der Waals surface area contributed by atoms with E-state index in [0.717, 1.165) is 30.4 Å². The van der Waals surface area contributed by atoms with Crippen molar-refractivity contribution >= 4 is 12.1 Å². The average Bonchev–Trinajstić information content (AvgIpc) is 2.74. The molecule has 1 fully saturated rings. The van der Waals surface area contributed by atoms with E-state index in [1.165, 1.54) is 0 Å². The largest absolute Gasteiger partial charge is 0.453 e. The third-order valence-electron chi connectivity index (χ3n) is 5.39. The maximum atomic E-state index is 13.5. The summed E-state index contributed by atoms with van der Waals surface area (Å²) < 4.78 is 11.8. The van der Waals surface area contributed by atoms with Gasteiger partial charge in [0, 0.05) is 0 Å². The highest BCUT2D eigenvalue weighted by atomic mass is 16.6. The smallest absolute Gasteiger partial charge is 0.411 e. The minimum absolute atomic E-state index is 0.372. The van der Waals surface area contributed by atoms with Crippen LogP contribution in [0.2, 0.25) is 0 Å². The Morgan fingerprint density at radius 2 is 1.55 bits per heavy atom. The maximum absolute atomic E-state index is 13.5. The van der Waals surface area contributed by atoms with Gasteiger partial charge in [0.05, 0.1) is 0 Å². The van der Waals surface area contributed by atoms with Crippen LogP contribution in [0.5, 0.6) is 0 Å². The Hall–Kier alpha value is -2.82. The van der Waals surface area contributed by atoms with Crippen molar-refractivity contribution < 1.29 is 19.1 Å². The van der Waals surface area contributed by atoms with Gasteiger partial charge in [0.15, 0.2) is 6.10 Å². The lowest BCUT2D eigenvalue weighted by Gasteiger charge is -2.45. The van der Waals surface area contributed by atoms with Crippen molar-refractivity contribution in [3.05, 3.63) is 71.8 Å². The summed E-state index contributed by atoms with van der Waals surface area (Å²) in [5.41, 5.74) is 1.09. The third kappa shape index (κ3) is 5.66. The molecule has 1 aliphatic rings. The lowest BCUT2D eigenvalue weighted by Crippen LogP contribution is -2.55. The molecule has 3 unspecified atom stereocenters. The van der Waals surface area contributed by atoms with Crippen molar-refractivity contribution in [1.82, 2.24) is 4.90 Å². The second-order valence-corrected chi connectivity index (χ2v) is 9.02. The zero-order chi connectivity index (χ0) is 22.4. The van der Waals surface area contributed by atoms with Crippen molar-refractivity contribution in [3.63, 3.8) is 0 Å². The van der Waals surface area contributed by atoms with Crippen molar-refractivity contribution in [2.75, 3.05) is 0 Å². The zero-order valence-electron chi connectivity index (χ0n) is 18.9. The number of rotatable bonds is 6. The van der Waals surface area contributed by atoms with E-state index in [9.17, 15) is 9.59 Å². The van der Waals surface area contributed by atoms with E-state index in [-0.39, 0.29) is 5.97 Å². The van der Waals surface area contributed by atoms with Crippen LogP contribution < -0.4 is 0 Å². The lowest BCUT2D eigenvalue weighted by molar-refractivity contribution is -0.174. The molecule has 0 spiro atoms. The quantitative estimate of drug-likeness (QED) is 0.409. The van der Waals surface area contributed by atoms with Gasteiger partial charge in [-0.3, -0.25) is 4.90 Å². The molecule has 0 bridgehead atoms. The number of carbonyl (C=O) groups is 2. The molecular weight excluding hydrogens is 390 g/mol. The monoisotopic (exact) mass is 423 g/mol. The predicted octanol–water partition coefficient (Wildman–Crippen LogP) is 6.21. The second-order valence-electron chi connectivity index (χ2n) is 9.02. The lowest BCUT2D eigenvalue weighted by atomic mass is 9.90. The minimum atomic E-state index is -0.674. The number of amides is 1. The molecule has 3 rings (SSSR count). The molecule has 2 aromatic carbocycles. The van der Waals surface area contributed by atoms with Gasteiger partial charge < -0.3 is 9.47 Å². The molecule has 1 aliphatic heterocycles. The van der Waals surface area contributed by atoms with Gasteiger partial charge in [-0.25, -0.2) is 9.59 Å². The maximum Gasteiger partial charge on any atom is 0.411 e. The first-order valence-corrected chi connectivity index (χ1v) is 11.1. The van der Waals surface area contributed by atoms with Gasteiger partial charge in [-0.1, -0.05) is 86.8 Å². The number of hydrogen-bond donors (Lipinski definition) is 0. The van der Waals surface area contributed by atoms with Crippen LogP contribution in [0.1, 0.15) is 76.7 Å². The first kappa shape index (κ1) is 22.9. The molecule has 0 aliphatic carbocycles. The molecule has 1 amide bonds. The Morgan fingerprint density at radius 3 is 2.10 bits per heavy atom. The molecule has 0 radical (unpaired) electrons. The van der Waals surface area contributed by atoms with Gasteiger partial charge in [0.1, 0.15) is 17.7 Å². The summed E-state index contributed by atoms with van der Waals surface area (Å²) in [5.74, 6) is -0.372. The molecule has 1 heterocycles. The van der Waals surface area contributed by atoms with Gasteiger partial charge in [0.25, 0.3) is 0 Å². The van der Waals surface area contributed by atoms with Crippen LogP contribution in [0.3, 0.4) is 0 Å². The van der Waals surface area contributed by atoms with Crippen molar-refractivity contribution in [2.45, 2.75) is 77.2 Å². The van der Waals surface area contributed by atoms with Gasteiger partial charge in [-0.2, -0.15) is 0 Å². The van der Waals surface area contributed by atoms with Crippen molar-refractivity contribution in [1.29, 1.82) is 0 Å². The molecule has 31 heavy (non-hydrogen) atoms. The van der Waals surface area contributed by atoms with Crippen LogP contribution in [0.25, 0.3) is 0 Å². The van der Waals surface area contributed by atoms with Crippen molar-refractivity contribution in [2.24, 2.45) is 0 Å². The molecule has 166 valence electrons. The molecule has 0 N–H and O–H groups in total. The fourth-order valence-electron chi connectivity index (χ4n) is 4.00. The van der Waals surface area contributed by atoms with Crippen LogP contribution in [0, 0.1) is 0 Å². The summed E-state index contributed by atoms with van der Waals surface area (Å²) in [6.07, 6.45) is 2.32. The summed E-state index contributed by atoms with van der Waals surface area (Å²) in [4.78, 5) is 28.2. The van der Waals surface area contributed by atoms with Crippen LogP contribution in [0.4, 0.5) is 4.79 Å². The molecule has 1 saturated heterocycles. The van der Waals surface area contributed by atoms with E-state index in [2.05, 4.69) is 6.92 Å². The molecule has 0 aromatic heterocycles. The molecule has 5 nitrogen and oxygen atoms in total. The molecule has 3 atom stereocenters. The van der Waals surface area contributed by atoms with Crippen molar-refractivity contribution in [3.8, 4) is 0 Å². The van der Waals surface area contributed by atoms with E-state index in [1.807, 2.05) is 81.4 Å². The standard InChI is InChI=1S/C26H33NO4/c1-5-6-9-18-21-24(28)30-23(20-16-12-8-13-17-20)22(19-14-10-7-11-15-19)27(21)25(29)31-26(2,3)4/h7-8,10-17,21-23H,5-6,9,18H2,1-4H3. The summed E-state index contributed by atoms with van der Waals surface area (Å²) in [6, 6.07) is 18.2. The van der Waals surface area contributed by atoms with E-state index in [0.29, 0.717) is 6.42 Å². The topological polar surface area (TPSA) is 55.8 Å². The average molecular weight is 424 g/mol. The van der Waals surface area contributed by atoms with E-state index >= 15 is 0 Å². The third-order valence-corrected chi connectivity index (χ3v) is 5.39. The number of ether oxygens (including phenoxy) is 2. The van der Waals surface area contributed by atoms with Crippen LogP contribution in [-0.2, 0) is 14.3 Å². The number of hydrogen-bond acceptors (Lipinski definition) is 4. The number of morpholine rings is 1. The fraction of sp³-hybridized carbons (Fsp3) is 0.462.